The number of para-hydroxylation sites is 1. The lowest BCUT2D eigenvalue weighted by molar-refractivity contribution is -0.141. The number of benzene rings is 3. The molecule has 1 aliphatic rings. The van der Waals surface area contributed by atoms with Gasteiger partial charge in [-0.05, 0) is 35.9 Å². The van der Waals surface area contributed by atoms with E-state index in [-0.39, 0.29) is 11.3 Å². The van der Waals surface area contributed by atoms with Gasteiger partial charge in [0.1, 0.15) is 6.04 Å². The summed E-state index contributed by atoms with van der Waals surface area (Å²) in [6, 6.07) is 22.5. The summed E-state index contributed by atoms with van der Waals surface area (Å²) in [5.74, 6) is -0.587. The Morgan fingerprint density at radius 3 is 2.47 bits per heavy atom. The average molecular weight is 492 g/mol. The molecular weight excluding hydrogens is 470 g/mol. The molecule has 0 spiro atoms. The van der Waals surface area contributed by atoms with Gasteiger partial charge in [-0.1, -0.05) is 48.5 Å². The second kappa shape index (κ2) is 8.92. The summed E-state index contributed by atoms with van der Waals surface area (Å²) >= 11 is 1.47. The molecule has 0 radical (unpaired) electrons. The van der Waals surface area contributed by atoms with Gasteiger partial charge >= 0.3 is 5.97 Å². The monoisotopic (exact) mass is 491 g/mol. The first-order valence-electron chi connectivity index (χ1n) is 10.6. The van der Waals surface area contributed by atoms with E-state index in [1.165, 1.54) is 34.9 Å². The van der Waals surface area contributed by atoms with Gasteiger partial charge in [0, 0.05) is 23.1 Å². The number of carbonyl (C=O) groups excluding carboxylic acids is 1. The number of hydrogen-bond donors (Lipinski definition) is 1. The molecule has 3 aromatic carbocycles. The number of fused-ring (bicyclic) bond motifs is 1. The van der Waals surface area contributed by atoms with Crippen LogP contribution < -0.4 is 9.62 Å². The molecule has 0 aliphatic carbocycles. The van der Waals surface area contributed by atoms with Crippen molar-refractivity contribution in [2.75, 3.05) is 16.7 Å². The highest BCUT2D eigenvalue weighted by molar-refractivity contribution is 7.93. The first-order chi connectivity index (χ1) is 16.5. The third-order valence-electron chi connectivity index (χ3n) is 5.63. The van der Waals surface area contributed by atoms with E-state index in [1.54, 1.807) is 24.3 Å². The number of sulfonamides is 1. The number of methoxy groups -OCH3 is 1. The number of hydrogen-bond acceptors (Lipinski definition) is 7. The Morgan fingerprint density at radius 2 is 1.74 bits per heavy atom. The van der Waals surface area contributed by atoms with Crippen molar-refractivity contribution in [3.8, 4) is 11.3 Å². The maximum absolute atomic E-state index is 13.5. The minimum atomic E-state index is -3.99. The number of thiazole rings is 1. The van der Waals surface area contributed by atoms with Gasteiger partial charge < -0.3 is 10.1 Å². The van der Waals surface area contributed by atoms with Gasteiger partial charge in [0.25, 0.3) is 10.0 Å². The zero-order chi connectivity index (χ0) is 23.7. The molecule has 9 heteroatoms. The Kier molecular flexibility index (Phi) is 5.80. The van der Waals surface area contributed by atoms with E-state index in [1.807, 2.05) is 47.8 Å². The number of esters is 1. The quantitative estimate of drug-likeness (QED) is 0.388. The van der Waals surface area contributed by atoms with E-state index in [0.717, 1.165) is 16.8 Å². The Bertz CT molecular complexity index is 1430. The van der Waals surface area contributed by atoms with E-state index in [2.05, 4.69) is 10.3 Å². The van der Waals surface area contributed by atoms with Crippen LogP contribution in [0.2, 0.25) is 0 Å². The van der Waals surface area contributed by atoms with Gasteiger partial charge in [0.05, 0.1) is 23.4 Å². The molecule has 0 bridgehead atoms. The van der Waals surface area contributed by atoms with Crippen LogP contribution in [-0.2, 0) is 26.0 Å². The van der Waals surface area contributed by atoms with Gasteiger partial charge in [-0.15, -0.1) is 11.3 Å². The molecule has 5 rings (SSSR count). The predicted octanol–water partition coefficient (Wildman–Crippen LogP) is 4.85. The summed E-state index contributed by atoms with van der Waals surface area (Å²) in [6.07, 6.45) is 0.273. The first-order valence-corrected chi connectivity index (χ1v) is 12.9. The van der Waals surface area contributed by atoms with E-state index in [0.29, 0.717) is 16.5 Å². The molecule has 1 aliphatic heterocycles. The number of nitrogens with zero attached hydrogens (tertiary/aromatic N) is 2. The van der Waals surface area contributed by atoms with Crippen molar-refractivity contribution < 1.29 is 17.9 Å². The van der Waals surface area contributed by atoms with Crippen molar-refractivity contribution in [2.24, 2.45) is 0 Å². The first kappa shape index (κ1) is 22.1. The molecule has 7 nitrogen and oxygen atoms in total. The fourth-order valence-corrected chi connectivity index (χ4v) is 6.37. The SMILES string of the molecule is COC(=O)C1Cc2ccccc2N1S(=O)(=O)c1ccc(Nc2nc(-c3ccccc3)cs2)cc1. The fourth-order valence-electron chi connectivity index (χ4n) is 3.99. The molecule has 4 aromatic rings. The van der Waals surface area contributed by atoms with Gasteiger partial charge in [0.15, 0.2) is 5.13 Å². The van der Waals surface area contributed by atoms with Gasteiger partial charge in [0.2, 0.25) is 0 Å². The lowest BCUT2D eigenvalue weighted by Gasteiger charge is -2.25. The Hall–Kier alpha value is -3.69. The third-order valence-corrected chi connectivity index (χ3v) is 8.23. The van der Waals surface area contributed by atoms with Crippen LogP contribution in [0.25, 0.3) is 11.3 Å². The van der Waals surface area contributed by atoms with Crippen LogP contribution in [0.15, 0.2) is 89.1 Å². The Labute approximate surface area is 201 Å². The maximum atomic E-state index is 13.5. The van der Waals surface area contributed by atoms with Crippen LogP contribution in [0.3, 0.4) is 0 Å². The maximum Gasteiger partial charge on any atom is 0.330 e. The predicted molar refractivity (Wildman–Crippen MR) is 133 cm³/mol. The molecule has 172 valence electrons. The van der Waals surface area contributed by atoms with E-state index in [4.69, 9.17) is 4.74 Å². The highest BCUT2D eigenvalue weighted by atomic mass is 32.2. The minimum absolute atomic E-state index is 0.0905. The number of rotatable bonds is 6. The summed E-state index contributed by atoms with van der Waals surface area (Å²) in [6.45, 7) is 0. The van der Waals surface area contributed by atoms with Crippen molar-refractivity contribution >= 4 is 43.8 Å². The zero-order valence-electron chi connectivity index (χ0n) is 18.2. The number of nitrogens with one attached hydrogen (secondary N) is 1. The van der Waals surface area contributed by atoms with Crippen LogP contribution in [0, 0.1) is 0 Å². The molecule has 34 heavy (non-hydrogen) atoms. The molecule has 0 amide bonds. The Balaban J connectivity index is 1.39. The van der Waals surface area contributed by atoms with Gasteiger partial charge in [-0.3, -0.25) is 4.31 Å². The van der Waals surface area contributed by atoms with Crippen LogP contribution >= 0.6 is 11.3 Å². The summed E-state index contributed by atoms with van der Waals surface area (Å²) in [5, 5.41) is 5.89. The summed E-state index contributed by atoms with van der Waals surface area (Å²) in [7, 11) is -2.72. The number of ether oxygens (including phenoxy) is 1. The van der Waals surface area contributed by atoms with Crippen molar-refractivity contribution in [3.63, 3.8) is 0 Å². The lowest BCUT2D eigenvalue weighted by atomic mass is 10.1. The van der Waals surface area contributed by atoms with Crippen LogP contribution in [0.5, 0.6) is 0 Å². The molecule has 1 aromatic heterocycles. The smallest absolute Gasteiger partial charge is 0.330 e. The second-order valence-electron chi connectivity index (χ2n) is 7.73. The molecule has 1 atom stereocenters. The van der Waals surface area contributed by atoms with Crippen LogP contribution in [-0.4, -0.2) is 32.5 Å². The number of carbonyl (C=O) groups is 1. The van der Waals surface area contributed by atoms with Crippen molar-refractivity contribution in [2.45, 2.75) is 17.4 Å². The zero-order valence-corrected chi connectivity index (χ0v) is 19.8. The topological polar surface area (TPSA) is 88.6 Å². The van der Waals surface area contributed by atoms with E-state index < -0.39 is 22.0 Å². The summed E-state index contributed by atoms with van der Waals surface area (Å²) in [5.41, 5.74) is 3.89. The van der Waals surface area contributed by atoms with Crippen LogP contribution in [0.4, 0.5) is 16.5 Å². The van der Waals surface area contributed by atoms with E-state index in [9.17, 15) is 13.2 Å². The minimum Gasteiger partial charge on any atom is -0.467 e. The highest BCUT2D eigenvalue weighted by Gasteiger charge is 2.42. The molecular formula is C25H21N3O4S2. The molecule has 2 heterocycles. The van der Waals surface area contributed by atoms with Crippen molar-refractivity contribution in [1.29, 1.82) is 0 Å². The second-order valence-corrected chi connectivity index (χ2v) is 10.4. The largest absolute Gasteiger partial charge is 0.467 e. The Morgan fingerprint density at radius 1 is 1.03 bits per heavy atom. The van der Waals surface area contributed by atoms with Crippen LogP contribution in [0.1, 0.15) is 5.56 Å². The third kappa shape index (κ3) is 4.04. The standard InChI is InChI=1S/C25H21N3O4S2/c1-32-24(29)23-15-18-9-5-6-10-22(18)28(23)34(30,31)20-13-11-19(12-14-20)26-25-27-21(16-33-25)17-7-3-2-4-8-17/h2-14,16,23H,15H2,1H3,(H,26,27). The number of aromatic nitrogens is 1. The molecule has 0 fully saturated rings. The normalized spacial score (nSPS) is 15.1. The average Bonchev–Trinajstić information content (AvgIpc) is 3.49. The molecule has 0 saturated heterocycles. The van der Waals surface area contributed by atoms with Gasteiger partial charge in [-0.2, -0.15) is 0 Å². The molecule has 1 unspecified atom stereocenters. The van der Waals surface area contributed by atoms with Gasteiger partial charge in [-0.25, -0.2) is 18.2 Å². The van der Waals surface area contributed by atoms with E-state index >= 15 is 0 Å². The van der Waals surface area contributed by atoms with Crippen molar-refractivity contribution in [3.05, 3.63) is 89.8 Å². The van der Waals surface area contributed by atoms with Crippen molar-refractivity contribution in [1.82, 2.24) is 4.98 Å². The summed E-state index contributed by atoms with van der Waals surface area (Å²) in [4.78, 5) is 17.1. The molecule has 1 N–H and O–H groups in total. The lowest BCUT2D eigenvalue weighted by Crippen LogP contribution is -2.43. The number of anilines is 3. The molecule has 0 saturated carbocycles. The summed E-state index contributed by atoms with van der Waals surface area (Å²) < 4.78 is 33.1. The highest BCUT2D eigenvalue weighted by Crippen LogP contribution is 2.37. The fraction of sp³-hybridized carbons (Fsp3) is 0.120.